The van der Waals surface area contributed by atoms with Gasteiger partial charge in [-0.3, -0.25) is 9.88 Å². The minimum Gasteiger partial charge on any atom is -0.371 e. The minimum atomic E-state index is 0.246. The van der Waals surface area contributed by atoms with Crippen molar-refractivity contribution in [2.45, 2.75) is 32.1 Å². The Kier molecular flexibility index (Phi) is 4.49. The maximum atomic E-state index is 6.06. The van der Waals surface area contributed by atoms with Crippen LogP contribution in [0.2, 0.25) is 0 Å². The number of hydrogen-bond acceptors (Lipinski definition) is 6. The Labute approximate surface area is 140 Å². The molecule has 0 N–H and O–H groups in total. The highest BCUT2D eigenvalue weighted by Gasteiger charge is 2.21. The van der Waals surface area contributed by atoms with Crippen molar-refractivity contribution in [3.8, 4) is 0 Å². The lowest BCUT2D eigenvalue weighted by Gasteiger charge is -2.32. The number of fused-ring (bicyclic) bond motifs is 1. The average molecular weight is 324 g/mol. The lowest BCUT2D eigenvalue weighted by molar-refractivity contribution is -0.0132. The van der Waals surface area contributed by atoms with Crippen LogP contribution in [0.4, 0.5) is 0 Å². The van der Waals surface area contributed by atoms with Crippen LogP contribution >= 0.6 is 0 Å². The van der Waals surface area contributed by atoms with Gasteiger partial charge in [0, 0.05) is 19.3 Å². The highest BCUT2D eigenvalue weighted by molar-refractivity contribution is 5.76. The molecular formula is C18H20N4O2. The van der Waals surface area contributed by atoms with E-state index in [2.05, 4.69) is 26.3 Å². The number of hydrogen-bond donors (Lipinski definition) is 0. The lowest BCUT2D eigenvalue weighted by Crippen LogP contribution is -2.39. The number of ether oxygens (including phenoxy) is 1. The summed E-state index contributed by atoms with van der Waals surface area (Å²) < 4.78 is 10.9. The molecule has 3 aromatic rings. The van der Waals surface area contributed by atoms with Crippen LogP contribution in [-0.2, 0) is 17.9 Å². The molecule has 0 spiro atoms. The Morgan fingerprint density at radius 2 is 2.17 bits per heavy atom. The molecule has 1 aromatic carbocycles. The SMILES string of the molecule is c1ccc(COC2CCCN(Cc3cccc4nonc34)C2)nc1. The first kappa shape index (κ1) is 15.2. The second-order valence-electron chi connectivity index (χ2n) is 6.18. The minimum absolute atomic E-state index is 0.246. The Bertz CT molecular complexity index is 790. The van der Waals surface area contributed by atoms with Crippen molar-refractivity contribution >= 4 is 11.0 Å². The molecule has 0 radical (unpaired) electrons. The number of likely N-dealkylation sites (tertiary alicyclic amines) is 1. The van der Waals surface area contributed by atoms with Gasteiger partial charge in [0.15, 0.2) is 0 Å². The zero-order chi connectivity index (χ0) is 16.2. The lowest BCUT2D eigenvalue weighted by atomic mass is 10.1. The number of benzene rings is 1. The molecule has 1 atom stereocenters. The first-order valence-electron chi connectivity index (χ1n) is 8.32. The number of aromatic nitrogens is 3. The molecule has 0 bridgehead atoms. The fraction of sp³-hybridized carbons (Fsp3) is 0.389. The maximum Gasteiger partial charge on any atom is 0.139 e. The van der Waals surface area contributed by atoms with Crippen LogP contribution in [0.3, 0.4) is 0 Å². The average Bonchev–Trinajstić information content (AvgIpc) is 3.11. The van der Waals surface area contributed by atoms with E-state index in [1.54, 1.807) is 6.20 Å². The second kappa shape index (κ2) is 7.07. The summed E-state index contributed by atoms with van der Waals surface area (Å²) in [5, 5.41) is 7.94. The maximum absolute atomic E-state index is 6.06. The van der Waals surface area contributed by atoms with Gasteiger partial charge in [-0.25, -0.2) is 4.63 Å². The summed E-state index contributed by atoms with van der Waals surface area (Å²) in [5.41, 5.74) is 3.80. The van der Waals surface area contributed by atoms with E-state index in [0.29, 0.717) is 6.61 Å². The zero-order valence-electron chi connectivity index (χ0n) is 13.5. The van der Waals surface area contributed by atoms with Gasteiger partial charge in [0.25, 0.3) is 0 Å². The van der Waals surface area contributed by atoms with E-state index in [1.807, 2.05) is 30.3 Å². The third-order valence-electron chi connectivity index (χ3n) is 4.42. The largest absolute Gasteiger partial charge is 0.371 e. The van der Waals surface area contributed by atoms with Gasteiger partial charge in [0.1, 0.15) is 11.0 Å². The van der Waals surface area contributed by atoms with Crippen LogP contribution in [0.25, 0.3) is 11.0 Å². The van der Waals surface area contributed by atoms with Gasteiger partial charge in [-0.2, -0.15) is 0 Å². The Morgan fingerprint density at radius 1 is 1.17 bits per heavy atom. The smallest absolute Gasteiger partial charge is 0.139 e. The quantitative estimate of drug-likeness (QED) is 0.719. The van der Waals surface area contributed by atoms with Gasteiger partial charge in [-0.15, -0.1) is 0 Å². The molecule has 1 unspecified atom stereocenters. The molecule has 0 saturated carbocycles. The van der Waals surface area contributed by atoms with Gasteiger partial charge in [-0.05, 0) is 53.5 Å². The molecule has 6 heteroatoms. The number of nitrogens with zero attached hydrogens (tertiary/aromatic N) is 4. The van der Waals surface area contributed by atoms with Gasteiger partial charge >= 0.3 is 0 Å². The van der Waals surface area contributed by atoms with Crippen molar-refractivity contribution < 1.29 is 9.37 Å². The van der Waals surface area contributed by atoms with Gasteiger partial charge in [-0.1, -0.05) is 18.2 Å². The molecule has 1 fully saturated rings. The highest BCUT2D eigenvalue weighted by Crippen LogP contribution is 2.20. The molecule has 4 rings (SSSR count). The Balaban J connectivity index is 1.37. The van der Waals surface area contributed by atoms with Crippen LogP contribution in [0.15, 0.2) is 47.2 Å². The van der Waals surface area contributed by atoms with Crippen molar-refractivity contribution in [1.82, 2.24) is 20.2 Å². The summed E-state index contributed by atoms with van der Waals surface area (Å²) in [7, 11) is 0. The van der Waals surface area contributed by atoms with E-state index in [0.717, 1.165) is 54.8 Å². The van der Waals surface area contributed by atoms with Gasteiger partial charge < -0.3 is 4.74 Å². The van der Waals surface area contributed by atoms with E-state index in [1.165, 1.54) is 0 Å². The fourth-order valence-electron chi connectivity index (χ4n) is 3.21. The number of rotatable bonds is 5. The molecule has 3 heterocycles. The normalized spacial score (nSPS) is 18.9. The molecule has 2 aromatic heterocycles. The highest BCUT2D eigenvalue weighted by atomic mass is 16.6. The number of piperidine rings is 1. The summed E-state index contributed by atoms with van der Waals surface area (Å²) in [5.74, 6) is 0. The van der Waals surface area contributed by atoms with Crippen molar-refractivity contribution in [2.75, 3.05) is 13.1 Å². The first-order chi connectivity index (χ1) is 11.9. The van der Waals surface area contributed by atoms with Crippen molar-refractivity contribution in [3.05, 3.63) is 53.9 Å². The van der Waals surface area contributed by atoms with E-state index in [4.69, 9.17) is 9.37 Å². The molecule has 0 aliphatic carbocycles. The summed E-state index contributed by atoms with van der Waals surface area (Å²) in [4.78, 5) is 6.73. The number of pyridine rings is 1. The predicted octanol–water partition coefficient (Wildman–Crippen LogP) is 2.80. The summed E-state index contributed by atoms with van der Waals surface area (Å²) in [6, 6.07) is 11.9. The van der Waals surface area contributed by atoms with Crippen LogP contribution < -0.4 is 0 Å². The van der Waals surface area contributed by atoms with E-state index in [9.17, 15) is 0 Å². The van der Waals surface area contributed by atoms with Crippen molar-refractivity contribution in [1.29, 1.82) is 0 Å². The van der Waals surface area contributed by atoms with Gasteiger partial charge in [0.05, 0.1) is 18.4 Å². The van der Waals surface area contributed by atoms with Crippen LogP contribution in [0, 0.1) is 0 Å². The van der Waals surface area contributed by atoms with Gasteiger partial charge in [0.2, 0.25) is 0 Å². The molecule has 24 heavy (non-hydrogen) atoms. The van der Waals surface area contributed by atoms with Crippen LogP contribution in [-0.4, -0.2) is 39.4 Å². The third kappa shape index (κ3) is 3.44. The molecular weight excluding hydrogens is 304 g/mol. The van der Waals surface area contributed by atoms with Crippen LogP contribution in [0.1, 0.15) is 24.1 Å². The van der Waals surface area contributed by atoms with Crippen molar-refractivity contribution in [2.24, 2.45) is 0 Å². The first-order valence-corrected chi connectivity index (χ1v) is 8.32. The molecule has 1 aliphatic rings. The summed E-state index contributed by atoms with van der Waals surface area (Å²) in [6.07, 6.45) is 4.28. The van der Waals surface area contributed by atoms with E-state index in [-0.39, 0.29) is 6.10 Å². The summed E-state index contributed by atoms with van der Waals surface area (Å²) >= 11 is 0. The Morgan fingerprint density at radius 3 is 3.08 bits per heavy atom. The predicted molar refractivity (Wildman–Crippen MR) is 89.1 cm³/mol. The van der Waals surface area contributed by atoms with E-state index < -0.39 is 0 Å². The summed E-state index contributed by atoms with van der Waals surface area (Å²) in [6.45, 7) is 3.41. The fourth-order valence-corrected chi connectivity index (χ4v) is 3.21. The zero-order valence-corrected chi connectivity index (χ0v) is 13.5. The molecule has 124 valence electrons. The van der Waals surface area contributed by atoms with E-state index >= 15 is 0 Å². The molecule has 6 nitrogen and oxygen atoms in total. The monoisotopic (exact) mass is 324 g/mol. The third-order valence-corrected chi connectivity index (χ3v) is 4.42. The molecule has 1 saturated heterocycles. The molecule has 0 amide bonds. The topological polar surface area (TPSA) is 64.3 Å². The second-order valence-corrected chi connectivity index (χ2v) is 6.18. The standard InChI is InChI=1S/C18H20N4O2/c1-2-9-19-15(6-1)13-23-16-7-4-10-22(12-16)11-14-5-3-8-17-18(14)21-24-20-17/h1-3,5-6,8-9,16H,4,7,10-13H2. The van der Waals surface area contributed by atoms with Crippen molar-refractivity contribution in [3.63, 3.8) is 0 Å². The van der Waals surface area contributed by atoms with Crippen LogP contribution in [0.5, 0.6) is 0 Å². The Hall–Kier alpha value is -2.31. The molecule has 1 aliphatic heterocycles.